The minimum absolute atomic E-state index is 0.258. The molecule has 0 spiro atoms. The maximum Gasteiger partial charge on any atom is 0.224 e. The van der Waals surface area contributed by atoms with Crippen LogP contribution in [0.15, 0.2) is 48.8 Å². The van der Waals surface area contributed by atoms with Gasteiger partial charge in [0.25, 0.3) is 0 Å². The van der Waals surface area contributed by atoms with Crippen molar-refractivity contribution in [3.8, 4) is 0 Å². The van der Waals surface area contributed by atoms with Crippen molar-refractivity contribution in [2.75, 3.05) is 29.9 Å². The molecule has 4 rings (SSSR count). The summed E-state index contributed by atoms with van der Waals surface area (Å²) in [6.07, 6.45) is 6.54. The lowest BCUT2D eigenvalue weighted by Crippen LogP contribution is -2.38. The fourth-order valence-electron chi connectivity index (χ4n) is 3.56. The third-order valence-electron chi connectivity index (χ3n) is 4.90. The van der Waals surface area contributed by atoms with E-state index in [1.54, 1.807) is 6.20 Å². The van der Waals surface area contributed by atoms with Gasteiger partial charge >= 0.3 is 0 Å². The number of aliphatic hydroxyl groups is 1. The van der Waals surface area contributed by atoms with Crippen LogP contribution in [0.1, 0.15) is 19.3 Å². The maximum absolute atomic E-state index is 9.85. The fourth-order valence-corrected chi connectivity index (χ4v) is 3.56. The molecule has 0 radical (unpaired) electrons. The number of piperidine rings is 1. The van der Waals surface area contributed by atoms with Crippen LogP contribution >= 0.6 is 0 Å². The summed E-state index contributed by atoms with van der Waals surface area (Å²) < 4.78 is 2.28. The van der Waals surface area contributed by atoms with Crippen LogP contribution in [0.4, 0.5) is 11.8 Å². The first-order valence-electron chi connectivity index (χ1n) is 9.33. The summed E-state index contributed by atoms with van der Waals surface area (Å²) in [5, 5.41) is 14.4. The number of hydrogen-bond donors (Lipinski definition) is 2. The minimum atomic E-state index is -0.258. The minimum Gasteiger partial charge on any atom is -0.391 e. The highest BCUT2D eigenvalue weighted by atomic mass is 16.3. The summed E-state index contributed by atoms with van der Waals surface area (Å²) in [5.41, 5.74) is 1.27. The van der Waals surface area contributed by atoms with Crippen molar-refractivity contribution in [1.29, 1.82) is 0 Å². The van der Waals surface area contributed by atoms with Gasteiger partial charge in [-0.15, -0.1) is 0 Å². The molecule has 1 saturated heterocycles. The molecule has 3 aromatic rings. The summed E-state index contributed by atoms with van der Waals surface area (Å²) in [6.45, 7) is 3.36. The van der Waals surface area contributed by atoms with Crippen LogP contribution in [0.25, 0.3) is 10.9 Å². The summed E-state index contributed by atoms with van der Waals surface area (Å²) in [6, 6.07) is 12.5. The Bertz CT molecular complexity index is 862. The van der Waals surface area contributed by atoms with Gasteiger partial charge in [-0.2, -0.15) is 4.98 Å². The van der Waals surface area contributed by atoms with Crippen molar-refractivity contribution >= 4 is 22.7 Å². The van der Waals surface area contributed by atoms with Gasteiger partial charge in [-0.3, -0.25) is 0 Å². The summed E-state index contributed by atoms with van der Waals surface area (Å²) in [7, 11) is 0. The van der Waals surface area contributed by atoms with E-state index in [0.29, 0.717) is 12.5 Å². The molecule has 1 unspecified atom stereocenters. The zero-order chi connectivity index (χ0) is 17.8. The molecule has 6 heteroatoms. The van der Waals surface area contributed by atoms with Gasteiger partial charge in [-0.25, -0.2) is 4.98 Å². The number of anilines is 2. The molecule has 1 fully saturated rings. The summed E-state index contributed by atoms with van der Waals surface area (Å²) in [4.78, 5) is 11.1. The zero-order valence-electron chi connectivity index (χ0n) is 14.9. The number of nitrogens with zero attached hydrogens (tertiary/aromatic N) is 4. The van der Waals surface area contributed by atoms with Crippen LogP contribution in [-0.2, 0) is 6.54 Å². The predicted octanol–water partition coefficient (Wildman–Crippen LogP) is 2.89. The standard InChI is InChI=1S/C20H25N5O/c26-17-6-3-12-25(15-17)19-8-11-22-20(23-19)21-10-4-13-24-14-9-16-5-1-2-7-18(16)24/h1-2,5,7-9,11,14,17,26H,3-4,6,10,12-13,15H2,(H,21,22,23). The van der Waals surface area contributed by atoms with Crippen LogP contribution in [0.2, 0.25) is 0 Å². The van der Waals surface area contributed by atoms with Crippen molar-refractivity contribution in [2.24, 2.45) is 0 Å². The Kier molecular flexibility index (Phi) is 5.02. The maximum atomic E-state index is 9.85. The number of aromatic nitrogens is 3. The van der Waals surface area contributed by atoms with Gasteiger partial charge in [0.2, 0.25) is 5.95 Å². The Labute approximate surface area is 153 Å². The number of para-hydroxylation sites is 1. The lowest BCUT2D eigenvalue weighted by atomic mass is 10.1. The van der Waals surface area contributed by atoms with Crippen LogP contribution in [-0.4, -0.2) is 45.4 Å². The van der Waals surface area contributed by atoms with E-state index < -0.39 is 0 Å². The van der Waals surface area contributed by atoms with Crippen molar-refractivity contribution in [3.05, 3.63) is 48.8 Å². The third-order valence-corrected chi connectivity index (χ3v) is 4.90. The van der Waals surface area contributed by atoms with Crippen molar-refractivity contribution in [3.63, 3.8) is 0 Å². The molecule has 0 bridgehead atoms. The third kappa shape index (κ3) is 3.80. The van der Waals surface area contributed by atoms with E-state index in [1.165, 1.54) is 10.9 Å². The Morgan fingerprint density at radius 3 is 3.04 bits per heavy atom. The van der Waals surface area contributed by atoms with Gasteiger partial charge < -0.3 is 19.9 Å². The summed E-state index contributed by atoms with van der Waals surface area (Å²) in [5.74, 6) is 1.54. The number of nitrogens with one attached hydrogen (secondary N) is 1. The van der Waals surface area contributed by atoms with Gasteiger partial charge in [0.1, 0.15) is 5.82 Å². The molecule has 2 N–H and O–H groups in total. The first-order chi connectivity index (χ1) is 12.8. The van der Waals surface area contributed by atoms with Crippen LogP contribution in [0.5, 0.6) is 0 Å². The molecule has 1 aliphatic heterocycles. The van der Waals surface area contributed by atoms with E-state index in [-0.39, 0.29) is 6.10 Å². The number of β-amino-alcohol motifs (C(OH)–C–C–N with tert-alkyl or cyclic N) is 1. The Hall–Kier alpha value is -2.60. The molecule has 6 nitrogen and oxygen atoms in total. The average Bonchev–Trinajstić information content (AvgIpc) is 3.09. The average molecular weight is 351 g/mol. The van der Waals surface area contributed by atoms with Gasteiger partial charge in [0.05, 0.1) is 6.10 Å². The van der Waals surface area contributed by atoms with Crippen molar-refractivity contribution in [1.82, 2.24) is 14.5 Å². The zero-order valence-corrected chi connectivity index (χ0v) is 14.9. The van der Waals surface area contributed by atoms with E-state index in [4.69, 9.17) is 0 Å². The van der Waals surface area contributed by atoms with Crippen molar-refractivity contribution < 1.29 is 5.11 Å². The highest BCUT2D eigenvalue weighted by Crippen LogP contribution is 2.19. The number of benzene rings is 1. The SMILES string of the molecule is OC1CCCN(c2ccnc(NCCCn3ccc4ccccc43)n2)C1. The molecule has 0 aliphatic carbocycles. The molecule has 0 saturated carbocycles. The summed E-state index contributed by atoms with van der Waals surface area (Å²) >= 11 is 0. The molecule has 1 atom stereocenters. The lowest BCUT2D eigenvalue weighted by Gasteiger charge is -2.31. The second kappa shape index (κ2) is 7.74. The smallest absolute Gasteiger partial charge is 0.224 e. The normalized spacial score (nSPS) is 17.6. The largest absolute Gasteiger partial charge is 0.391 e. The quantitative estimate of drug-likeness (QED) is 0.669. The molecule has 1 aliphatic rings. The van der Waals surface area contributed by atoms with Crippen LogP contribution < -0.4 is 10.2 Å². The predicted molar refractivity (Wildman–Crippen MR) is 105 cm³/mol. The number of aryl methyl sites for hydroxylation is 1. The van der Waals surface area contributed by atoms with E-state index in [0.717, 1.165) is 44.7 Å². The van der Waals surface area contributed by atoms with Gasteiger partial charge in [0, 0.05) is 44.1 Å². The van der Waals surface area contributed by atoms with Gasteiger partial charge in [-0.05, 0) is 42.8 Å². The first-order valence-corrected chi connectivity index (χ1v) is 9.33. The molecular weight excluding hydrogens is 326 g/mol. The molecule has 136 valence electrons. The topological polar surface area (TPSA) is 66.2 Å². The second-order valence-electron chi connectivity index (χ2n) is 6.83. The molecule has 0 amide bonds. The number of rotatable bonds is 6. The Balaban J connectivity index is 1.31. The molecule has 3 heterocycles. The molecule has 2 aromatic heterocycles. The van der Waals surface area contributed by atoms with E-state index >= 15 is 0 Å². The molecule has 1 aromatic carbocycles. The highest BCUT2D eigenvalue weighted by molar-refractivity contribution is 5.79. The van der Waals surface area contributed by atoms with Gasteiger partial charge in [0.15, 0.2) is 0 Å². The number of fused-ring (bicyclic) bond motifs is 1. The number of aliphatic hydroxyl groups excluding tert-OH is 1. The Morgan fingerprint density at radius 1 is 1.19 bits per heavy atom. The van der Waals surface area contributed by atoms with E-state index in [9.17, 15) is 5.11 Å². The molecular formula is C20H25N5O. The van der Waals surface area contributed by atoms with Crippen LogP contribution in [0, 0.1) is 0 Å². The Morgan fingerprint density at radius 2 is 2.12 bits per heavy atom. The monoisotopic (exact) mass is 351 g/mol. The van der Waals surface area contributed by atoms with Gasteiger partial charge in [-0.1, -0.05) is 18.2 Å². The number of hydrogen-bond acceptors (Lipinski definition) is 5. The first kappa shape index (κ1) is 16.8. The second-order valence-corrected chi connectivity index (χ2v) is 6.83. The van der Waals surface area contributed by atoms with E-state index in [1.807, 2.05) is 6.07 Å². The molecule has 26 heavy (non-hydrogen) atoms. The highest BCUT2D eigenvalue weighted by Gasteiger charge is 2.19. The van der Waals surface area contributed by atoms with Crippen LogP contribution in [0.3, 0.4) is 0 Å². The lowest BCUT2D eigenvalue weighted by molar-refractivity contribution is 0.154. The van der Waals surface area contributed by atoms with E-state index in [2.05, 4.69) is 61.3 Å². The fraction of sp³-hybridized carbons (Fsp3) is 0.400. The van der Waals surface area contributed by atoms with Crippen molar-refractivity contribution in [2.45, 2.75) is 31.9 Å².